The van der Waals surface area contributed by atoms with Gasteiger partial charge in [-0.15, -0.1) is 0 Å². The molecule has 0 unspecified atom stereocenters. The van der Waals surface area contributed by atoms with E-state index in [0.29, 0.717) is 6.29 Å². The van der Waals surface area contributed by atoms with Gasteiger partial charge in [-0.05, 0) is 0 Å². The van der Waals surface area contributed by atoms with E-state index in [2.05, 4.69) is 0 Å². The Labute approximate surface area is 66.9 Å². The third kappa shape index (κ3) is 3.95. The molecule has 0 heterocycles. The number of carbonyl (C=O) groups excluding carboxylic acids is 2. The first-order chi connectivity index (χ1) is 5.38. The zero-order valence-electron chi connectivity index (χ0n) is 6.31. The number of amides is 1. The Morgan fingerprint density at radius 1 is 1.58 bits per heavy atom. The molecule has 0 saturated heterocycles. The van der Waals surface area contributed by atoms with Crippen LogP contribution in [0.25, 0.3) is 0 Å². The van der Waals surface area contributed by atoms with Crippen LogP contribution in [0.5, 0.6) is 0 Å². The quantitative estimate of drug-likeness (QED) is 0.647. The summed E-state index contributed by atoms with van der Waals surface area (Å²) in [5.74, 6) is -2.62. The molecule has 1 atom stereocenters. The molecule has 6 heteroatoms. The van der Waals surface area contributed by atoms with Gasteiger partial charge in [0.05, 0.1) is 0 Å². The number of aldehydes is 1. The van der Waals surface area contributed by atoms with Gasteiger partial charge in [-0.25, -0.2) is 0 Å². The van der Waals surface area contributed by atoms with Crippen LogP contribution in [-0.2, 0) is 9.59 Å². The molecule has 0 aromatic carbocycles. The van der Waals surface area contributed by atoms with E-state index in [9.17, 15) is 22.8 Å². The van der Waals surface area contributed by atoms with E-state index in [0.717, 1.165) is 0 Å². The molecule has 0 aromatic heterocycles. The van der Waals surface area contributed by atoms with Crippen molar-refractivity contribution in [2.75, 3.05) is 6.54 Å². The first-order valence-corrected chi connectivity index (χ1v) is 3.18. The lowest BCUT2D eigenvalue weighted by atomic mass is 10.2. The topological polar surface area (TPSA) is 46.2 Å². The van der Waals surface area contributed by atoms with Gasteiger partial charge >= 0.3 is 12.1 Å². The van der Waals surface area contributed by atoms with Crippen LogP contribution < -0.4 is 5.32 Å². The van der Waals surface area contributed by atoms with Crippen LogP contribution in [0.15, 0.2) is 0 Å². The van der Waals surface area contributed by atoms with Crippen LogP contribution in [0, 0.1) is 5.92 Å². The van der Waals surface area contributed by atoms with Gasteiger partial charge in [0.15, 0.2) is 0 Å². The summed E-state index contributed by atoms with van der Waals surface area (Å²) in [5.41, 5.74) is 0. The number of nitrogens with one attached hydrogen (secondary N) is 1. The highest BCUT2D eigenvalue weighted by molar-refractivity contribution is 5.81. The van der Waals surface area contributed by atoms with Crippen molar-refractivity contribution in [3.8, 4) is 0 Å². The fourth-order valence-electron chi connectivity index (χ4n) is 0.402. The summed E-state index contributed by atoms with van der Waals surface area (Å²) in [7, 11) is 0. The van der Waals surface area contributed by atoms with Gasteiger partial charge in [-0.3, -0.25) is 4.79 Å². The Kier molecular flexibility index (Phi) is 3.72. The summed E-state index contributed by atoms with van der Waals surface area (Å²) in [4.78, 5) is 20.1. The normalized spacial score (nSPS) is 13.7. The highest BCUT2D eigenvalue weighted by Gasteiger charge is 2.38. The standard InChI is InChI=1S/C6H8F3NO2/c1-4(3-11)2-10-5(12)6(7,8)9/h3-4H,2H2,1H3,(H,10,12)/t4-/m0/s1. The predicted octanol–water partition coefficient (Wildman–Crippen LogP) is 0.500. The fraction of sp³-hybridized carbons (Fsp3) is 0.667. The molecule has 0 aromatic rings. The molecule has 0 aliphatic carbocycles. The Morgan fingerprint density at radius 3 is 2.42 bits per heavy atom. The average molecular weight is 183 g/mol. The van der Waals surface area contributed by atoms with E-state index >= 15 is 0 Å². The molecule has 0 rings (SSSR count). The van der Waals surface area contributed by atoms with E-state index in [1.165, 1.54) is 6.92 Å². The highest BCUT2D eigenvalue weighted by Crippen LogP contribution is 2.13. The van der Waals surface area contributed by atoms with Crippen molar-refractivity contribution in [3.63, 3.8) is 0 Å². The number of hydrogen-bond donors (Lipinski definition) is 1. The first-order valence-electron chi connectivity index (χ1n) is 3.18. The number of rotatable bonds is 3. The van der Waals surface area contributed by atoms with Gasteiger partial charge in [0.1, 0.15) is 6.29 Å². The van der Waals surface area contributed by atoms with Crippen LogP contribution in [-0.4, -0.2) is 24.9 Å². The second-order valence-electron chi connectivity index (χ2n) is 2.32. The van der Waals surface area contributed by atoms with Gasteiger partial charge in [0.25, 0.3) is 0 Å². The van der Waals surface area contributed by atoms with E-state index < -0.39 is 18.0 Å². The van der Waals surface area contributed by atoms with Gasteiger partial charge in [-0.2, -0.15) is 13.2 Å². The molecule has 0 fully saturated rings. The number of hydrogen-bond acceptors (Lipinski definition) is 2. The van der Waals surface area contributed by atoms with Crippen molar-refractivity contribution in [1.29, 1.82) is 0 Å². The summed E-state index contributed by atoms with van der Waals surface area (Å²) in [5, 5.41) is 1.58. The van der Waals surface area contributed by atoms with Crippen molar-refractivity contribution in [3.05, 3.63) is 0 Å². The van der Waals surface area contributed by atoms with Crippen molar-refractivity contribution < 1.29 is 22.8 Å². The summed E-state index contributed by atoms with van der Waals surface area (Å²) >= 11 is 0. The highest BCUT2D eigenvalue weighted by atomic mass is 19.4. The van der Waals surface area contributed by atoms with Crippen LogP contribution in [0.4, 0.5) is 13.2 Å². The van der Waals surface area contributed by atoms with Crippen molar-refractivity contribution >= 4 is 12.2 Å². The number of alkyl halides is 3. The molecule has 12 heavy (non-hydrogen) atoms. The summed E-state index contributed by atoms with van der Waals surface area (Å²) in [6.45, 7) is 1.12. The second-order valence-corrected chi connectivity index (χ2v) is 2.32. The Balaban J connectivity index is 3.80. The maximum atomic E-state index is 11.5. The number of carbonyl (C=O) groups is 2. The van der Waals surface area contributed by atoms with Gasteiger partial charge in [0.2, 0.25) is 0 Å². The summed E-state index contributed by atoms with van der Waals surface area (Å²) in [6, 6.07) is 0. The molecule has 0 bridgehead atoms. The Bertz CT molecular complexity index is 178. The number of halogens is 3. The molecule has 0 aliphatic heterocycles. The zero-order valence-corrected chi connectivity index (χ0v) is 6.31. The maximum absolute atomic E-state index is 11.5. The SMILES string of the molecule is C[C@H](C=O)CNC(=O)C(F)(F)F. The summed E-state index contributed by atoms with van der Waals surface area (Å²) < 4.78 is 34.5. The van der Waals surface area contributed by atoms with Crippen LogP contribution in [0.2, 0.25) is 0 Å². The van der Waals surface area contributed by atoms with Gasteiger partial charge in [-0.1, -0.05) is 6.92 Å². The van der Waals surface area contributed by atoms with Crippen LogP contribution >= 0.6 is 0 Å². The summed E-state index contributed by atoms with van der Waals surface area (Å²) in [6.07, 6.45) is -4.40. The minimum atomic E-state index is -4.87. The first kappa shape index (κ1) is 10.9. The lowest BCUT2D eigenvalue weighted by molar-refractivity contribution is -0.173. The van der Waals surface area contributed by atoms with Crippen molar-refractivity contribution in [1.82, 2.24) is 5.32 Å². The van der Waals surface area contributed by atoms with Crippen LogP contribution in [0.3, 0.4) is 0 Å². The minimum absolute atomic E-state index is 0.290. The third-order valence-electron chi connectivity index (χ3n) is 1.07. The molecule has 0 saturated carbocycles. The molecular formula is C6H8F3NO2. The molecule has 1 amide bonds. The molecule has 0 radical (unpaired) electrons. The van der Waals surface area contributed by atoms with E-state index in [4.69, 9.17) is 0 Å². The maximum Gasteiger partial charge on any atom is 0.471 e. The smallest absolute Gasteiger partial charge is 0.348 e. The lowest BCUT2D eigenvalue weighted by Gasteiger charge is -2.08. The van der Waals surface area contributed by atoms with Crippen molar-refractivity contribution in [2.24, 2.45) is 5.92 Å². The lowest BCUT2D eigenvalue weighted by Crippen LogP contribution is -2.39. The van der Waals surface area contributed by atoms with Crippen LogP contribution in [0.1, 0.15) is 6.92 Å². The molecular weight excluding hydrogens is 175 g/mol. The van der Waals surface area contributed by atoms with Gasteiger partial charge in [0, 0.05) is 12.5 Å². The molecule has 1 N–H and O–H groups in total. The fourth-order valence-corrected chi connectivity index (χ4v) is 0.402. The Morgan fingerprint density at radius 2 is 2.08 bits per heavy atom. The largest absolute Gasteiger partial charge is 0.471 e. The molecule has 0 aliphatic rings. The molecule has 70 valence electrons. The van der Waals surface area contributed by atoms with E-state index in [-0.39, 0.29) is 6.54 Å². The Hall–Kier alpha value is -1.07. The van der Waals surface area contributed by atoms with Crippen molar-refractivity contribution in [2.45, 2.75) is 13.1 Å². The molecule has 0 spiro atoms. The average Bonchev–Trinajstić information content (AvgIpc) is 1.97. The second kappa shape index (κ2) is 4.08. The van der Waals surface area contributed by atoms with Gasteiger partial charge < -0.3 is 10.1 Å². The zero-order chi connectivity index (χ0) is 9.78. The third-order valence-corrected chi connectivity index (χ3v) is 1.07. The monoisotopic (exact) mass is 183 g/mol. The minimum Gasteiger partial charge on any atom is -0.348 e. The predicted molar refractivity (Wildman–Crippen MR) is 34.3 cm³/mol. The molecule has 3 nitrogen and oxygen atoms in total. The van der Waals surface area contributed by atoms with E-state index in [1.54, 1.807) is 5.32 Å². The van der Waals surface area contributed by atoms with E-state index in [1.807, 2.05) is 0 Å².